The van der Waals surface area contributed by atoms with E-state index in [1.54, 1.807) is 12.3 Å². The molecule has 2 rings (SSSR count). The maximum atomic E-state index is 12.5. The van der Waals surface area contributed by atoms with Gasteiger partial charge in [-0.2, -0.15) is 0 Å². The molecule has 2 aromatic rings. The molecule has 1 aromatic heterocycles. The van der Waals surface area contributed by atoms with Gasteiger partial charge in [0.05, 0.1) is 5.56 Å². The first-order valence-electron chi connectivity index (χ1n) is 7.77. The number of rotatable bonds is 7. The van der Waals surface area contributed by atoms with Crippen molar-refractivity contribution in [1.82, 2.24) is 20.9 Å². The number of benzene rings is 1. The van der Waals surface area contributed by atoms with E-state index in [0.29, 0.717) is 17.5 Å². The van der Waals surface area contributed by atoms with Crippen LogP contribution in [0.4, 0.5) is 0 Å². The molecule has 7 heteroatoms. The highest BCUT2D eigenvalue weighted by molar-refractivity contribution is 6.01. The highest BCUT2D eigenvalue weighted by Crippen LogP contribution is 2.23. The number of nitrogens with one attached hydrogen (secondary N) is 3. The Balaban J connectivity index is 2.18. The average molecular weight is 340 g/mol. The molecule has 130 valence electrons. The lowest BCUT2D eigenvalue weighted by Crippen LogP contribution is -2.49. The van der Waals surface area contributed by atoms with Gasteiger partial charge in [-0.15, -0.1) is 0 Å². The van der Waals surface area contributed by atoms with Crippen molar-refractivity contribution in [2.75, 3.05) is 13.6 Å². The van der Waals surface area contributed by atoms with Crippen molar-refractivity contribution in [3.8, 4) is 11.1 Å². The molecule has 1 unspecified atom stereocenters. The van der Waals surface area contributed by atoms with Gasteiger partial charge in [-0.3, -0.25) is 19.4 Å². The van der Waals surface area contributed by atoms with E-state index >= 15 is 0 Å². The molecule has 25 heavy (non-hydrogen) atoms. The summed E-state index contributed by atoms with van der Waals surface area (Å²) < 4.78 is 0. The lowest BCUT2D eigenvalue weighted by atomic mass is 10.0. The minimum Gasteiger partial charge on any atom is -0.357 e. The van der Waals surface area contributed by atoms with Crippen LogP contribution in [-0.4, -0.2) is 42.8 Å². The topological polar surface area (TPSA) is 100 Å². The van der Waals surface area contributed by atoms with E-state index < -0.39 is 6.04 Å². The normalized spacial score (nSPS) is 11.3. The molecule has 1 atom stereocenters. The Morgan fingerprint density at radius 2 is 1.92 bits per heavy atom. The summed E-state index contributed by atoms with van der Waals surface area (Å²) in [5.41, 5.74) is 3.13. The summed E-state index contributed by atoms with van der Waals surface area (Å²) in [6, 6.07) is 8.54. The third-order valence-electron chi connectivity index (χ3n) is 3.73. The number of aromatic nitrogens is 1. The van der Waals surface area contributed by atoms with Crippen LogP contribution in [0.3, 0.4) is 0 Å². The lowest BCUT2D eigenvalue weighted by Gasteiger charge is -2.16. The molecule has 0 bridgehead atoms. The summed E-state index contributed by atoms with van der Waals surface area (Å²) >= 11 is 0. The largest absolute Gasteiger partial charge is 0.357 e. The Hall–Kier alpha value is -3.22. The quantitative estimate of drug-likeness (QED) is 0.644. The van der Waals surface area contributed by atoms with E-state index in [2.05, 4.69) is 20.9 Å². The van der Waals surface area contributed by atoms with Gasteiger partial charge in [-0.05, 0) is 18.6 Å². The van der Waals surface area contributed by atoms with Crippen molar-refractivity contribution < 1.29 is 14.4 Å². The summed E-state index contributed by atoms with van der Waals surface area (Å²) in [5, 5.41) is 7.48. The van der Waals surface area contributed by atoms with Gasteiger partial charge in [0.1, 0.15) is 6.04 Å². The zero-order valence-electron chi connectivity index (χ0n) is 14.1. The van der Waals surface area contributed by atoms with E-state index in [-0.39, 0.29) is 18.4 Å². The number of carbonyl (C=O) groups excluding carboxylic acids is 3. The van der Waals surface area contributed by atoms with E-state index in [0.717, 1.165) is 11.1 Å². The van der Waals surface area contributed by atoms with E-state index in [4.69, 9.17) is 0 Å². The van der Waals surface area contributed by atoms with Crippen molar-refractivity contribution in [3.63, 3.8) is 0 Å². The Bertz CT molecular complexity index is 759. The Kier molecular flexibility index (Phi) is 6.22. The van der Waals surface area contributed by atoms with Gasteiger partial charge >= 0.3 is 0 Å². The van der Waals surface area contributed by atoms with Crippen LogP contribution in [0.25, 0.3) is 11.1 Å². The van der Waals surface area contributed by atoms with Gasteiger partial charge in [-0.1, -0.05) is 29.8 Å². The Labute approximate surface area is 145 Å². The van der Waals surface area contributed by atoms with Crippen molar-refractivity contribution >= 4 is 18.2 Å². The molecule has 0 aliphatic carbocycles. The van der Waals surface area contributed by atoms with Crippen molar-refractivity contribution in [1.29, 1.82) is 0 Å². The number of hydrogen-bond acceptors (Lipinski definition) is 4. The van der Waals surface area contributed by atoms with Gasteiger partial charge in [-0.25, -0.2) is 0 Å². The number of aryl methyl sites for hydroxylation is 1. The molecule has 0 fully saturated rings. The Morgan fingerprint density at radius 1 is 1.20 bits per heavy atom. The summed E-state index contributed by atoms with van der Waals surface area (Å²) in [6.07, 6.45) is 3.59. The van der Waals surface area contributed by atoms with E-state index in [9.17, 15) is 14.4 Å². The monoisotopic (exact) mass is 340 g/mol. The molecule has 7 nitrogen and oxygen atoms in total. The number of carbonyl (C=O) groups is 3. The summed E-state index contributed by atoms with van der Waals surface area (Å²) in [4.78, 5) is 38.9. The molecule has 0 saturated heterocycles. The molecule has 0 aliphatic rings. The maximum absolute atomic E-state index is 12.5. The minimum absolute atomic E-state index is 0.0209. The zero-order valence-corrected chi connectivity index (χ0v) is 14.1. The maximum Gasteiger partial charge on any atom is 0.252 e. The highest BCUT2D eigenvalue weighted by Gasteiger charge is 2.19. The van der Waals surface area contributed by atoms with Gasteiger partial charge in [0.25, 0.3) is 5.91 Å². The van der Waals surface area contributed by atoms with Crippen molar-refractivity contribution in [2.24, 2.45) is 0 Å². The van der Waals surface area contributed by atoms with Crippen molar-refractivity contribution in [3.05, 3.63) is 53.9 Å². The SMILES string of the molecule is CNC(=O)C(CNC(=O)c1ccncc1-c1ccc(C)cc1)NC=O. The number of likely N-dealkylation sites (N-methyl/N-ethyl adjacent to an activating group) is 1. The van der Waals surface area contributed by atoms with Gasteiger partial charge in [0.2, 0.25) is 12.3 Å². The molecule has 0 saturated carbocycles. The molecule has 1 heterocycles. The van der Waals surface area contributed by atoms with E-state index in [1.165, 1.54) is 13.2 Å². The molecular weight excluding hydrogens is 320 g/mol. The molecule has 1 aromatic carbocycles. The summed E-state index contributed by atoms with van der Waals surface area (Å²) in [6.45, 7) is 1.96. The summed E-state index contributed by atoms with van der Waals surface area (Å²) in [7, 11) is 1.46. The van der Waals surface area contributed by atoms with Crippen LogP contribution in [0.15, 0.2) is 42.7 Å². The fraction of sp³-hybridized carbons (Fsp3) is 0.222. The van der Waals surface area contributed by atoms with Crippen LogP contribution in [0.5, 0.6) is 0 Å². The zero-order chi connectivity index (χ0) is 18.2. The van der Waals surface area contributed by atoms with Crippen LogP contribution in [0.1, 0.15) is 15.9 Å². The number of pyridine rings is 1. The van der Waals surface area contributed by atoms with Gasteiger partial charge < -0.3 is 16.0 Å². The fourth-order valence-electron chi connectivity index (χ4n) is 2.33. The number of nitrogens with zero attached hydrogens (tertiary/aromatic N) is 1. The molecular formula is C18H20N4O3. The smallest absolute Gasteiger partial charge is 0.252 e. The van der Waals surface area contributed by atoms with Crippen LogP contribution >= 0.6 is 0 Å². The first kappa shape index (κ1) is 18.1. The highest BCUT2D eigenvalue weighted by atomic mass is 16.2. The van der Waals surface area contributed by atoms with Crippen LogP contribution < -0.4 is 16.0 Å². The Morgan fingerprint density at radius 3 is 2.56 bits per heavy atom. The minimum atomic E-state index is -0.837. The van der Waals surface area contributed by atoms with Gasteiger partial charge in [0.15, 0.2) is 0 Å². The molecule has 0 aliphatic heterocycles. The second-order valence-corrected chi connectivity index (χ2v) is 5.45. The fourth-order valence-corrected chi connectivity index (χ4v) is 2.33. The van der Waals surface area contributed by atoms with Crippen LogP contribution in [-0.2, 0) is 9.59 Å². The van der Waals surface area contributed by atoms with Crippen LogP contribution in [0, 0.1) is 6.92 Å². The number of hydrogen-bond donors (Lipinski definition) is 3. The lowest BCUT2D eigenvalue weighted by molar-refractivity contribution is -0.124. The second kappa shape index (κ2) is 8.58. The molecule has 3 amide bonds. The second-order valence-electron chi connectivity index (χ2n) is 5.45. The third-order valence-corrected chi connectivity index (χ3v) is 3.73. The predicted molar refractivity (Wildman–Crippen MR) is 93.8 cm³/mol. The first-order chi connectivity index (χ1) is 12.1. The average Bonchev–Trinajstić information content (AvgIpc) is 2.65. The third kappa shape index (κ3) is 4.63. The van der Waals surface area contributed by atoms with Crippen LogP contribution in [0.2, 0.25) is 0 Å². The molecule has 0 spiro atoms. The standard InChI is InChI=1S/C18H20N4O3/c1-12-3-5-13(6-4-12)15-9-20-8-7-14(15)17(24)21-10-16(22-11-23)18(25)19-2/h3-9,11,16H,10H2,1-2H3,(H,19,25)(H,21,24)(H,22,23). The van der Waals surface area contributed by atoms with E-state index in [1.807, 2.05) is 31.2 Å². The number of amides is 3. The molecule has 0 radical (unpaired) electrons. The van der Waals surface area contributed by atoms with Gasteiger partial charge in [0, 0.05) is 31.5 Å². The van der Waals surface area contributed by atoms with Crippen molar-refractivity contribution in [2.45, 2.75) is 13.0 Å². The summed E-state index contributed by atoms with van der Waals surface area (Å²) in [5.74, 6) is -0.736. The predicted octanol–water partition coefficient (Wildman–Crippen LogP) is 0.647. The molecule has 3 N–H and O–H groups in total. The first-order valence-corrected chi connectivity index (χ1v) is 7.77.